The molecule has 86 valence electrons. The largest absolute Gasteiger partial charge is 0.480 e. The van der Waals surface area contributed by atoms with Crippen molar-refractivity contribution in [3.63, 3.8) is 0 Å². The molecule has 3 aromatic carbocycles. The third-order valence-electron chi connectivity index (χ3n) is 3.36. The van der Waals surface area contributed by atoms with Gasteiger partial charge in [0.1, 0.15) is 5.52 Å². The summed E-state index contributed by atoms with van der Waals surface area (Å²) in [4.78, 5) is 6.99. The first-order chi connectivity index (χ1) is 8.83. The minimum Gasteiger partial charge on any atom is -0.480 e. The second-order valence-corrected chi connectivity index (χ2v) is 4.40. The van der Waals surface area contributed by atoms with Crippen molar-refractivity contribution in [3.8, 4) is 6.01 Å². The lowest BCUT2D eigenvalue weighted by molar-refractivity contribution is 0.438. The van der Waals surface area contributed by atoms with E-state index in [0.29, 0.717) is 0 Å². The molecule has 3 nitrogen and oxygen atoms in total. The summed E-state index contributed by atoms with van der Waals surface area (Å²) in [6, 6.07) is 16.4. The molecule has 0 aliphatic carbocycles. The van der Waals surface area contributed by atoms with E-state index < -0.39 is 0 Å². The first-order valence-corrected chi connectivity index (χ1v) is 5.82. The molecule has 0 aliphatic heterocycles. The van der Waals surface area contributed by atoms with Gasteiger partial charge in [-0.1, -0.05) is 42.5 Å². The molecular weight excluding hydrogens is 224 g/mol. The molecule has 3 heteroatoms. The van der Waals surface area contributed by atoms with Crippen LogP contribution in [0.25, 0.3) is 32.6 Å². The van der Waals surface area contributed by atoms with Crippen LogP contribution in [0.2, 0.25) is 0 Å². The van der Waals surface area contributed by atoms with Gasteiger partial charge in [-0.3, -0.25) is 0 Å². The van der Waals surface area contributed by atoms with Crippen molar-refractivity contribution in [2.24, 2.45) is 0 Å². The third kappa shape index (κ3) is 1.16. The summed E-state index contributed by atoms with van der Waals surface area (Å²) >= 11 is 0. The van der Waals surface area contributed by atoms with Crippen LogP contribution < -0.4 is 0 Å². The quantitative estimate of drug-likeness (QED) is 0.457. The molecule has 0 saturated heterocycles. The van der Waals surface area contributed by atoms with Crippen molar-refractivity contribution in [2.75, 3.05) is 0 Å². The van der Waals surface area contributed by atoms with Gasteiger partial charge in [-0.05, 0) is 22.2 Å². The monoisotopic (exact) mass is 234 g/mol. The number of imidazole rings is 1. The lowest BCUT2D eigenvalue weighted by atomic mass is 10.0. The van der Waals surface area contributed by atoms with Crippen LogP contribution in [0.4, 0.5) is 0 Å². The van der Waals surface area contributed by atoms with Gasteiger partial charge in [0.05, 0.1) is 5.52 Å². The summed E-state index contributed by atoms with van der Waals surface area (Å²) in [7, 11) is 0. The van der Waals surface area contributed by atoms with Gasteiger partial charge < -0.3 is 10.1 Å². The summed E-state index contributed by atoms with van der Waals surface area (Å²) < 4.78 is 0. The minimum absolute atomic E-state index is 0.0364. The number of hydrogen-bond acceptors (Lipinski definition) is 2. The average molecular weight is 234 g/mol. The van der Waals surface area contributed by atoms with Gasteiger partial charge in [-0.2, -0.15) is 4.98 Å². The lowest BCUT2D eigenvalue weighted by Crippen LogP contribution is -1.79. The van der Waals surface area contributed by atoms with E-state index in [4.69, 9.17) is 0 Å². The summed E-state index contributed by atoms with van der Waals surface area (Å²) in [5, 5.41) is 14.1. The van der Waals surface area contributed by atoms with Crippen molar-refractivity contribution in [3.05, 3.63) is 48.5 Å². The van der Waals surface area contributed by atoms with E-state index in [2.05, 4.69) is 40.3 Å². The van der Waals surface area contributed by atoms with Crippen LogP contribution >= 0.6 is 0 Å². The summed E-state index contributed by atoms with van der Waals surface area (Å²) in [5.74, 6) is 0. The van der Waals surface area contributed by atoms with E-state index >= 15 is 0 Å². The van der Waals surface area contributed by atoms with Crippen LogP contribution in [0.5, 0.6) is 6.01 Å². The highest BCUT2D eigenvalue weighted by atomic mass is 16.3. The Hall–Kier alpha value is -2.55. The number of rotatable bonds is 0. The molecule has 18 heavy (non-hydrogen) atoms. The number of H-pyrrole nitrogens is 1. The van der Waals surface area contributed by atoms with E-state index in [1.165, 1.54) is 10.8 Å². The number of hydrogen-bond donors (Lipinski definition) is 2. The summed E-state index contributed by atoms with van der Waals surface area (Å²) in [6.45, 7) is 0. The highest BCUT2D eigenvalue weighted by Crippen LogP contribution is 2.30. The molecule has 0 unspecified atom stereocenters. The van der Waals surface area contributed by atoms with E-state index in [9.17, 15) is 5.11 Å². The first-order valence-electron chi connectivity index (χ1n) is 5.82. The molecule has 2 N–H and O–H groups in total. The zero-order chi connectivity index (χ0) is 12.1. The van der Waals surface area contributed by atoms with Gasteiger partial charge in [0.2, 0.25) is 0 Å². The fourth-order valence-corrected chi connectivity index (χ4v) is 2.55. The Balaban J connectivity index is 2.30. The van der Waals surface area contributed by atoms with E-state index in [1.807, 2.05) is 18.2 Å². The normalized spacial score (nSPS) is 11.6. The van der Waals surface area contributed by atoms with Crippen molar-refractivity contribution >= 4 is 32.6 Å². The zero-order valence-corrected chi connectivity index (χ0v) is 9.51. The Labute approximate surface area is 103 Å². The second-order valence-electron chi connectivity index (χ2n) is 4.40. The molecule has 1 aromatic heterocycles. The number of aromatic amines is 1. The van der Waals surface area contributed by atoms with E-state index in [1.54, 1.807) is 0 Å². The molecule has 0 atom stereocenters. The van der Waals surface area contributed by atoms with E-state index in [-0.39, 0.29) is 6.01 Å². The van der Waals surface area contributed by atoms with Gasteiger partial charge in [0.25, 0.3) is 6.01 Å². The number of aromatic hydroxyl groups is 1. The molecule has 0 fully saturated rings. The Morgan fingerprint density at radius 1 is 0.833 bits per heavy atom. The molecular formula is C15H10N2O. The highest BCUT2D eigenvalue weighted by Gasteiger charge is 2.07. The fourth-order valence-electron chi connectivity index (χ4n) is 2.55. The van der Waals surface area contributed by atoms with Gasteiger partial charge in [-0.25, -0.2) is 0 Å². The molecule has 1 heterocycles. The van der Waals surface area contributed by atoms with Crippen LogP contribution in [0.3, 0.4) is 0 Å². The van der Waals surface area contributed by atoms with Crippen molar-refractivity contribution < 1.29 is 5.11 Å². The molecule has 0 saturated carbocycles. The number of aromatic nitrogens is 2. The van der Waals surface area contributed by atoms with Crippen LogP contribution in [0.1, 0.15) is 0 Å². The first kappa shape index (κ1) is 9.48. The standard InChI is InChI=1S/C15H10N2O/c18-15-16-13-8-7-11-10-4-2-1-3-9(10)5-6-12(11)14(13)17-15/h1-8H,(H2,16,17,18). The predicted molar refractivity (Wildman–Crippen MR) is 72.8 cm³/mol. The Morgan fingerprint density at radius 3 is 2.61 bits per heavy atom. The zero-order valence-electron chi connectivity index (χ0n) is 9.51. The van der Waals surface area contributed by atoms with Gasteiger partial charge in [-0.15, -0.1) is 0 Å². The Kier molecular flexibility index (Phi) is 1.70. The third-order valence-corrected chi connectivity index (χ3v) is 3.36. The Morgan fingerprint density at radius 2 is 1.67 bits per heavy atom. The van der Waals surface area contributed by atoms with Crippen molar-refractivity contribution in [1.29, 1.82) is 0 Å². The SMILES string of the molecule is Oc1nc2c(ccc3c4ccccc4ccc32)[nH]1. The molecule has 4 aromatic rings. The number of nitrogens with zero attached hydrogens (tertiary/aromatic N) is 1. The molecule has 0 spiro atoms. The number of fused-ring (bicyclic) bond motifs is 5. The minimum atomic E-state index is -0.0364. The molecule has 0 amide bonds. The smallest absolute Gasteiger partial charge is 0.292 e. The number of benzene rings is 3. The maximum atomic E-state index is 9.46. The van der Waals surface area contributed by atoms with Crippen molar-refractivity contribution in [1.82, 2.24) is 9.97 Å². The second kappa shape index (κ2) is 3.23. The molecule has 4 rings (SSSR count). The predicted octanol–water partition coefficient (Wildman–Crippen LogP) is 3.57. The van der Waals surface area contributed by atoms with Gasteiger partial charge in [0.15, 0.2) is 0 Å². The summed E-state index contributed by atoms with van der Waals surface area (Å²) in [6.07, 6.45) is 0. The van der Waals surface area contributed by atoms with Crippen LogP contribution in [0, 0.1) is 0 Å². The molecule has 0 aliphatic rings. The van der Waals surface area contributed by atoms with Crippen LogP contribution in [0.15, 0.2) is 48.5 Å². The average Bonchev–Trinajstić information content (AvgIpc) is 2.79. The number of nitrogens with one attached hydrogen (secondary N) is 1. The van der Waals surface area contributed by atoms with Gasteiger partial charge in [0, 0.05) is 5.39 Å². The maximum absolute atomic E-state index is 9.46. The fraction of sp³-hybridized carbons (Fsp3) is 0. The van der Waals surface area contributed by atoms with E-state index in [0.717, 1.165) is 21.8 Å². The lowest BCUT2D eigenvalue weighted by Gasteiger charge is -2.03. The van der Waals surface area contributed by atoms with Crippen LogP contribution in [-0.2, 0) is 0 Å². The molecule has 0 radical (unpaired) electrons. The van der Waals surface area contributed by atoms with Crippen LogP contribution in [-0.4, -0.2) is 15.1 Å². The molecule has 0 bridgehead atoms. The summed E-state index contributed by atoms with van der Waals surface area (Å²) in [5.41, 5.74) is 1.67. The van der Waals surface area contributed by atoms with Gasteiger partial charge >= 0.3 is 0 Å². The maximum Gasteiger partial charge on any atom is 0.292 e. The Bertz CT molecular complexity index is 893. The topological polar surface area (TPSA) is 48.9 Å². The highest BCUT2D eigenvalue weighted by molar-refractivity contribution is 6.15. The van der Waals surface area contributed by atoms with Crippen molar-refractivity contribution in [2.45, 2.75) is 0 Å².